The first-order valence-electron chi connectivity index (χ1n) is 7.60. The van der Waals surface area contributed by atoms with Gasteiger partial charge in [0, 0.05) is 5.69 Å². The van der Waals surface area contributed by atoms with E-state index in [2.05, 4.69) is 5.32 Å². The Bertz CT molecular complexity index is 648. The quantitative estimate of drug-likeness (QED) is 0.729. The van der Waals surface area contributed by atoms with E-state index in [1.165, 1.54) is 0 Å². The van der Waals surface area contributed by atoms with Crippen LogP contribution in [-0.2, 0) is 11.2 Å². The largest absolute Gasteiger partial charge is 0.487 e. The molecular weight excluding hydrogens is 347 g/mol. The van der Waals surface area contributed by atoms with Crippen LogP contribution in [0.15, 0.2) is 48.5 Å². The number of nitrogens with two attached hydrogens (primary N) is 1. The second-order valence-corrected chi connectivity index (χ2v) is 5.71. The molecule has 0 saturated heterocycles. The third-order valence-corrected chi connectivity index (χ3v) is 3.77. The fourth-order valence-electron chi connectivity index (χ4n) is 2.10. The molecule has 1 unspecified atom stereocenters. The van der Waals surface area contributed by atoms with Gasteiger partial charge in [0.1, 0.15) is 11.9 Å². The molecular formula is C18H22Cl2N2O2. The molecule has 0 heterocycles. The summed E-state index contributed by atoms with van der Waals surface area (Å²) < 4.78 is 5.85. The van der Waals surface area contributed by atoms with Gasteiger partial charge in [0.15, 0.2) is 0 Å². The number of rotatable bonds is 7. The van der Waals surface area contributed by atoms with E-state index in [0.717, 1.165) is 12.0 Å². The van der Waals surface area contributed by atoms with E-state index in [1.807, 2.05) is 37.3 Å². The first-order valence-corrected chi connectivity index (χ1v) is 7.98. The minimum atomic E-state index is -0.120. The number of carbonyl (C=O) groups excluding carboxylic acids is 1. The molecule has 0 saturated carbocycles. The standard InChI is InChI=1S/C18H21ClN2O2.ClH/c1-2-15(23-17-6-4-3-5-16(17)19)12-21-18(22)11-13-7-9-14(20)10-8-13;/h3-10,15H,2,11-12,20H2,1H3,(H,21,22);1H. The molecule has 3 N–H and O–H groups in total. The van der Waals surface area contributed by atoms with E-state index < -0.39 is 0 Å². The SMILES string of the molecule is CCC(CNC(=O)Cc1ccc(N)cc1)Oc1ccccc1Cl.Cl. The lowest BCUT2D eigenvalue weighted by atomic mass is 10.1. The van der Waals surface area contributed by atoms with Crippen molar-refractivity contribution in [2.75, 3.05) is 12.3 Å². The van der Waals surface area contributed by atoms with Crippen molar-refractivity contribution in [2.45, 2.75) is 25.9 Å². The van der Waals surface area contributed by atoms with Crippen LogP contribution in [0, 0.1) is 0 Å². The van der Waals surface area contributed by atoms with Crippen LogP contribution in [0.5, 0.6) is 5.75 Å². The summed E-state index contributed by atoms with van der Waals surface area (Å²) in [5.74, 6) is 0.588. The Kier molecular flexibility index (Phi) is 8.44. The molecule has 130 valence electrons. The molecule has 0 aromatic heterocycles. The van der Waals surface area contributed by atoms with Gasteiger partial charge in [-0.25, -0.2) is 0 Å². The zero-order valence-corrected chi connectivity index (χ0v) is 15.1. The van der Waals surface area contributed by atoms with E-state index in [-0.39, 0.29) is 24.4 Å². The van der Waals surface area contributed by atoms with Gasteiger partial charge in [-0.2, -0.15) is 0 Å². The van der Waals surface area contributed by atoms with Crippen LogP contribution in [0.1, 0.15) is 18.9 Å². The Morgan fingerprint density at radius 1 is 1.21 bits per heavy atom. The fourth-order valence-corrected chi connectivity index (χ4v) is 2.28. The highest BCUT2D eigenvalue weighted by molar-refractivity contribution is 6.32. The molecule has 2 aromatic rings. The Morgan fingerprint density at radius 3 is 2.50 bits per heavy atom. The lowest BCUT2D eigenvalue weighted by Crippen LogP contribution is -2.35. The lowest BCUT2D eigenvalue weighted by molar-refractivity contribution is -0.120. The minimum Gasteiger partial charge on any atom is -0.487 e. The van der Waals surface area contributed by atoms with Crippen LogP contribution < -0.4 is 15.8 Å². The minimum absolute atomic E-state index is 0. The molecule has 0 aliphatic carbocycles. The van der Waals surface area contributed by atoms with Gasteiger partial charge in [0.05, 0.1) is 18.0 Å². The van der Waals surface area contributed by atoms with E-state index in [0.29, 0.717) is 29.4 Å². The summed E-state index contributed by atoms with van der Waals surface area (Å²) in [4.78, 5) is 12.0. The van der Waals surface area contributed by atoms with Gasteiger partial charge in [0.25, 0.3) is 0 Å². The summed E-state index contributed by atoms with van der Waals surface area (Å²) in [5.41, 5.74) is 7.25. The highest BCUT2D eigenvalue weighted by Crippen LogP contribution is 2.24. The molecule has 24 heavy (non-hydrogen) atoms. The number of para-hydroxylation sites is 1. The molecule has 0 fully saturated rings. The van der Waals surface area contributed by atoms with Crippen LogP contribution in [0.2, 0.25) is 5.02 Å². The van der Waals surface area contributed by atoms with Gasteiger partial charge in [-0.05, 0) is 36.2 Å². The summed E-state index contributed by atoms with van der Waals surface area (Å²) in [6.45, 7) is 2.45. The molecule has 1 atom stereocenters. The number of hydrogen-bond donors (Lipinski definition) is 2. The molecule has 2 aromatic carbocycles. The van der Waals surface area contributed by atoms with Crippen LogP contribution in [-0.4, -0.2) is 18.6 Å². The number of nitrogen functional groups attached to an aromatic ring is 1. The number of ether oxygens (including phenoxy) is 1. The van der Waals surface area contributed by atoms with E-state index in [1.54, 1.807) is 18.2 Å². The van der Waals surface area contributed by atoms with Gasteiger partial charge in [-0.3, -0.25) is 4.79 Å². The zero-order chi connectivity index (χ0) is 16.7. The molecule has 6 heteroatoms. The third kappa shape index (κ3) is 6.30. The molecule has 1 amide bonds. The fraction of sp³-hybridized carbons (Fsp3) is 0.278. The van der Waals surface area contributed by atoms with E-state index in [9.17, 15) is 4.79 Å². The van der Waals surface area contributed by atoms with Crippen molar-refractivity contribution in [3.8, 4) is 5.75 Å². The van der Waals surface area contributed by atoms with Crippen molar-refractivity contribution in [1.82, 2.24) is 5.32 Å². The third-order valence-electron chi connectivity index (χ3n) is 3.46. The van der Waals surface area contributed by atoms with Crippen LogP contribution >= 0.6 is 24.0 Å². The summed E-state index contributed by atoms with van der Waals surface area (Å²) >= 11 is 6.09. The molecule has 2 rings (SSSR count). The average Bonchev–Trinajstić information content (AvgIpc) is 2.55. The number of amides is 1. The molecule has 0 aliphatic heterocycles. The maximum absolute atomic E-state index is 12.0. The van der Waals surface area contributed by atoms with Gasteiger partial charge in [0.2, 0.25) is 5.91 Å². The summed E-state index contributed by atoms with van der Waals surface area (Å²) in [7, 11) is 0. The molecule has 0 bridgehead atoms. The number of hydrogen-bond acceptors (Lipinski definition) is 3. The summed E-state index contributed by atoms with van der Waals surface area (Å²) in [6.07, 6.45) is 0.973. The number of benzene rings is 2. The predicted molar refractivity (Wildman–Crippen MR) is 101 cm³/mol. The van der Waals surface area contributed by atoms with Crippen molar-refractivity contribution in [1.29, 1.82) is 0 Å². The maximum atomic E-state index is 12.0. The Hall–Kier alpha value is -1.91. The topological polar surface area (TPSA) is 64.4 Å². The van der Waals surface area contributed by atoms with Crippen molar-refractivity contribution in [2.24, 2.45) is 0 Å². The number of anilines is 1. The molecule has 0 radical (unpaired) electrons. The zero-order valence-electron chi connectivity index (χ0n) is 13.5. The maximum Gasteiger partial charge on any atom is 0.224 e. The highest BCUT2D eigenvalue weighted by Gasteiger charge is 2.12. The second kappa shape index (κ2) is 10.1. The van der Waals surface area contributed by atoms with Gasteiger partial charge in [-0.15, -0.1) is 12.4 Å². The summed E-state index contributed by atoms with van der Waals surface area (Å²) in [5, 5.41) is 3.47. The van der Waals surface area contributed by atoms with Crippen molar-refractivity contribution >= 4 is 35.6 Å². The first-order chi connectivity index (χ1) is 11.1. The smallest absolute Gasteiger partial charge is 0.224 e. The number of nitrogens with one attached hydrogen (secondary N) is 1. The molecule has 0 aliphatic rings. The van der Waals surface area contributed by atoms with Crippen molar-refractivity contribution in [3.63, 3.8) is 0 Å². The second-order valence-electron chi connectivity index (χ2n) is 5.30. The Labute approximate surface area is 153 Å². The van der Waals surface area contributed by atoms with Gasteiger partial charge >= 0.3 is 0 Å². The van der Waals surface area contributed by atoms with Crippen molar-refractivity contribution < 1.29 is 9.53 Å². The predicted octanol–water partition coefficient (Wildman–Crippen LogP) is 3.86. The summed E-state index contributed by atoms with van der Waals surface area (Å²) in [6, 6.07) is 14.6. The van der Waals surface area contributed by atoms with E-state index in [4.69, 9.17) is 22.1 Å². The Morgan fingerprint density at radius 2 is 1.88 bits per heavy atom. The van der Waals surface area contributed by atoms with E-state index >= 15 is 0 Å². The van der Waals surface area contributed by atoms with Crippen LogP contribution in [0.3, 0.4) is 0 Å². The normalized spacial score (nSPS) is 11.2. The van der Waals surface area contributed by atoms with Crippen molar-refractivity contribution in [3.05, 3.63) is 59.1 Å². The number of carbonyl (C=O) groups is 1. The van der Waals surface area contributed by atoms with Crippen LogP contribution in [0.25, 0.3) is 0 Å². The van der Waals surface area contributed by atoms with Gasteiger partial charge < -0.3 is 15.8 Å². The van der Waals surface area contributed by atoms with Crippen LogP contribution in [0.4, 0.5) is 5.69 Å². The van der Waals surface area contributed by atoms with Gasteiger partial charge in [-0.1, -0.05) is 42.8 Å². The number of halogens is 2. The molecule has 0 spiro atoms. The average molecular weight is 369 g/mol. The lowest BCUT2D eigenvalue weighted by Gasteiger charge is -2.19. The molecule has 4 nitrogen and oxygen atoms in total. The first kappa shape index (κ1) is 20.1. The monoisotopic (exact) mass is 368 g/mol. The Balaban J connectivity index is 0.00000288. The highest BCUT2D eigenvalue weighted by atomic mass is 35.5.